The van der Waals surface area contributed by atoms with E-state index in [0.29, 0.717) is 5.56 Å². The molecule has 0 amide bonds. The molecule has 0 aliphatic carbocycles. The highest BCUT2D eigenvalue weighted by Gasteiger charge is 2.44. The van der Waals surface area contributed by atoms with Crippen molar-refractivity contribution >= 4 is 12.0 Å². The van der Waals surface area contributed by atoms with Crippen LogP contribution in [0.25, 0.3) is 6.08 Å². The molecule has 11 nitrogen and oxygen atoms in total. The highest BCUT2D eigenvalue weighted by molar-refractivity contribution is 5.87. The molecule has 1 fully saturated rings. The van der Waals surface area contributed by atoms with E-state index in [1.165, 1.54) is 24.3 Å². The minimum Gasteiger partial charge on any atom is -0.504 e. The van der Waals surface area contributed by atoms with Crippen LogP contribution in [0.2, 0.25) is 0 Å². The first-order chi connectivity index (χ1) is 14.7. The highest BCUT2D eigenvalue weighted by Crippen LogP contribution is 2.25. The van der Waals surface area contributed by atoms with Gasteiger partial charge in [0, 0.05) is 6.08 Å². The van der Waals surface area contributed by atoms with E-state index in [1.807, 2.05) is 0 Å². The zero-order valence-electron chi connectivity index (χ0n) is 16.4. The van der Waals surface area contributed by atoms with Crippen LogP contribution in [0.1, 0.15) is 5.56 Å². The summed E-state index contributed by atoms with van der Waals surface area (Å²) in [6.07, 6.45) is -6.24. The predicted molar refractivity (Wildman–Crippen MR) is 105 cm³/mol. The summed E-state index contributed by atoms with van der Waals surface area (Å²) in [5.74, 6) is -1.52. The van der Waals surface area contributed by atoms with Crippen molar-refractivity contribution in [2.24, 2.45) is 0 Å². The maximum absolute atomic E-state index is 12.1. The van der Waals surface area contributed by atoms with Gasteiger partial charge >= 0.3 is 5.97 Å². The second kappa shape index (κ2) is 11.2. The molecule has 0 spiro atoms. The number of hydrogen-bond acceptors (Lipinski definition) is 11. The number of hydrogen-bond donors (Lipinski definition) is 7. The summed E-state index contributed by atoms with van der Waals surface area (Å²) in [4.78, 5) is 12.1. The lowest BCUT2D eigenvalue weighted by atomic mass is 9.99. The number of ether oxygens (including phenoxy) is 3. The number of phenolic OH excluding ortho intramolecular Hbond substituents is 2. The lowest BCUT2D eigenvalue weighted by molar-refractivity contribution is -0.304. The fraction of sp³-hybridized carbons (Fsp3) is 0.450. The smallest absolute Gasteiger partial charge is 0.331 e. The highest BCUT2D eigenvalue weighted by atomic mass is 16.7. The summed E-state index contributed by atoms with van der Waals surface area (Å²) >= 11 is 0. The van der Waals surface area contributed by atoms with E-state index in [-0.39, 0.29) is 17.1 Å². The van der Waals surface area contributed by atoms with Crippen molar-refractivity contribution in [3.63, 3.8) is 0 Å². The Morgan fingerprint density at radius 2 is 1.84 bits per heavy atom. The first-order valence-electron chi connectivity index (χ1n) is 9.29. The Kier molecular flexibility index (Phi) is 8.95. The molecule has 0 aromatic heterocycles. The molecule has 1 saturated heterocycles. The molecule has 1 heterocycles. The van der Waals surface area contributed by atoms with Crippen molar-refractivity contribution in [2.45, 2.75) is 36.8 Å². The van der Waals surface area contributed by atoms with E-state index >= 15 is 0 Å². The standard InChI is InChI=1S/C20H26O11/c1-10(7-21)15(9-29-20-19(28)18(27)17(26)14(8-22)31-20)30-16(25)5-3-11-2-4-12(23)13(24)6-11/h2-6,14-15,17-24,26-28H,1,7-9H2/b5-3+/t14-,15-,17-,18+,19-,20-/m1/s1. The Morgan fingerprint density at radius 3 is 2.45 bits per heavy atom. The van der Waals surface area contributed by atoms with E-state index in [4.69, 9.17) is 14.2 Å². The molecular weight excluding hydrogens is 416 g/mol. The number of phenols is 2. The molecule has 1 aromatic carbocycles. The zero-order valence-corrected chi connectivity index (χ0v) is 16.4. The SMILES string of the molecule is C=C(CO)[C@@H](CO[C@@H]1O[C@H](CO)[C@@H](O)[C@H](O)[C@H]1O)OC(=O)/C=C/c1ccc(O)c(O)c1. The van der Waals surface area contributed by atoms with Gasteiger partial charge in [-0.1, -0.05) is 12.6 Å². The molecule has 6 atom stereocenters. The Balaban J connectivity index is 2.00. The number of carbonyl (C=O) groups excluding carboxylic acids is 1. The van der Waals surface area contributed by atoms with Gasteiger partial charge in [-0.15, -0.1) is 0 Å². The largest absolute Gasteiger partial charge is 0.504 e. The van der Waals surface area contributed by atoms with Gasteiger partial charge in [0.05, 0.1) is 19.8 Å². The van der Waals surface area contributed by atoms with Gasteiger partial charge < -0.3 is 50.0 Å². The van der Waals surface area contributed by atoms with Crippen LogP contribution in [0.5, 0.6) is 11.5 Å². The van der Waals surface area contributed by atoms with Crippen LogP contribution in [-0.2, 0) is 19.0 Å². The van der Waals surface area contributed by atoms with Crippen LogP contribution < -0.4 is 0 Å². The zero-order chi connectivity index (χ0) is 23.1. The normalized spacial score (nSPS) is 27.2. The summed E-state index contributed by atoms with van der Waals surface area (Å²) in [5.41, 5.74) is 0.482. The first-order valence-corrected chi connectivity index (χ1v) is 9.29. The molecule has 2 rings (SSSR count). The molecule has 172 valence electrons. The minimum absolute atomic E-state index is 0.0774. The molecule has 7 N–H and O–H groups in total. The maximum Gasteiger partial charge on any atom is 0.331 e. The minimum atomic E-state index is -1.64. The third-order valence-electron chi connectivity index (χ3n) is 4.59. The van der Waals surface area contributed by atoms with Crippen LogP contribution in [0.4, 0.5) is 0 Å². The van der Waals surface area contributed by atoms with E-state index in [9.17, 15) is 40.5 Å². The Bertz CT molecular complexity index is 791. The number of aromatic hydroxyl groups is 2. The van der Waals surface area contributed by atoms with Gasteiger partial charge in [-0.3, -0.25) is 0 Å². The average molecular weight is 442 g/mol. The molecule has 1 aliphatic rings. The van der Waals surface area contributed by atoms with Gasteiger partial charge in [0.2, 0.25) is 0 Å². The average Bonchev–Trinajstić information content (AvgIpc) is 2.76. The first kappa shape index (κ1) is 24.8. The monoisotopic (exact) mass is 442 g/mol. The third-order valence-corrected chi connectivity index (χ3v) is 4.59. The van der Waals surface area contributed by atoms with E-state index in [2.05, 4.69) is 6.58 Å². The number of aliphatic hydroxyl groups excluding tert-OH is 5. The fourth-order valence-corrected chi connectivity index (χ4v) is 2.71. The van der Waals surface area contributed by atoms with Crippen molar-refractivity contribution in [3.05, 3.63) is 42.0 Å². The Labute approximate surface area is 177 Å². The van der Waals surface area contributed by atoms with Gasteiger partial charge in [-0.25, -0.2) is 4.79 Å². The molecule has 0 unspecified atom stereocenters. The van der Waals surface area contributed by atoms with Crippen molar-refractivity contribution < 1.29 is 54.8 Å². The molecule has 11 heteroatoms. The van der Waals surface area contributed by atoms with Crippen LogP contribution in [-0.4, -0.2) is 98.3 Å². The van der Waals surface area contributed by atoms with Gasteiger partial charge in [0.25, 0.3) is 0 Å². The van der Waals surface area contributed by atoms with E-state index < -0.39 is 62.6 Å². The summed E-state index contributed by atoms with van der Waals surface area (Å²) in [6.45, 7) is 2.00. The molecule has 1 aliphatic heterocycles. The van der Waals surface area contributed by atoms with Gasteiger partial charge in [0.15, 0.2) is 17.8 Å². The quantitative estimate of drug-likeness (QED) is 0.101. The molecular formula is C20H26O11. The summed E-state index contributed by atoms with van der Waals surface area (Å²) in [5, 5.41) is 66.9. The Morgan fingerprint density at radius 1 is 1.13 bits per heavy atom. The number of benzene rings is 1. The van der Waals surface area contributed by atoms with Crippen LogP contribution in [0.15, 0.2) is 36.4 Å². The van der Waals surface area contributed by atoms with E-state index in [1.54, 1.807) is 0 Å². The number of carbonyl (C=O) groups is 1. The van der Waals surface area contributed by atoms with Crippen LogP contribution >= 0.6 is 0 Å². The lowest BCUT2D eigenvalue weighted by Crippen LogP contribution is -2.59. The summed E-state index contributed by atoms with van der Waals surface area (Å²) in [7, 11) is 0. The lowest BCUT2D eigenvalue weighted by Gasteiger charge is -2.39. The van der Waals surface area contributed by atoms with Crippen LogP contribution in [0, 0.1) is 0 Å². The number of esters is 1. The fourth-order valence-electron chi connectivity index (χ4n) is 2.71. The van der Waals surface area contributed by atoms with Gasteiger partial charge in [0.1, 0.15) is 30.5 Å². The van der Waals surface area contributed by atoms with Crippen molar-refractivity contribution in [3.8, 4) is 11.5 Å². The van der Waals surface area contributed by atoms with Crippen molar-refractivity contribution in [1.82, 2.24) is 0 Å². The maximum atomic E-state index is 12.1. The number of aliphatic hydroxyl groups is 5. The molecule has 31 heavy (non-hydrogen) atoms. The van der Waals surface area contributed by atoms with Crippen molar-refractivity contribution in [2.75, 3.05) is 19.8 Å². The molecule has 0 saturated carbocycles. The summed E-state index contributed by atoms with van der Waals surface area (Å²) < 4.78 is 15.7. The predicted octanol–water partition coefficient (Wildman–Crippen LogP) is -1.61. The summed E-state index contributed by atoms with van der Waals surface area (Å²) in [6, 6.07) is 3.92. The third kappa shape index (κ3) is 6.48. The molecule has 1 aromatic rings. The topological polar surface area (TPSA) is 186 Å². The van der Waals surface area contributed by atoms with Gasteiger partial charge in [-0.05, 0) is 29.3 Å². The molecule has 0 radical (unpaired) electrons. The second-order valence-corrected chi connectivity index (χ2v) is 6.85. The molecule has 0 bridgehead atoms. The van der Waals surface area contributed by atoms with Crippen molar-refractivity contribution in [1.29, 1.82) is 0 Å². The Hall–Kier alpha value is -2.51. The second-order valence-electron chi connectivity index (χ2n) is 6.85. The van der Waals surface area contributed by atoms with E-state index in [0.717, 1.165) is 6.08 Å². The van der Waals surface area contributed by atoms with Gasteiger partial charge in [-0.2, -0.15) is 0 Å². The van der Waals surface area contributed by atoms with Crippen LogP contribution in [0.3, 0.4) is 0 Å². The number of rotatable bonds is 9.